The van der Waals surface area contributed by atoms with Crippen molar-refractivity contribution in [1.82, 2.24) is 5.32 Å². The smallest absolute Gasteiger partial charge is 0.142 e. The average molecular weight is 563 g/mol. The lowest BCUT2D eigenvalue weighted by molar-refractivity contribution is 0.0106. The molecule has 2 heterocycles. The zero-order valence-electron chi connectivity index (χ0n) is 24.2. The topological polar surface area (TPSA) is 70.7 Å². The molecule has 2 aliphatic rings. The molecule has 2 atom stereocenters. The van der Waals surface area contributed by atoms with Gasteiger partial charge in [0.25, 0.3) is 0 Å². The molecule has 0 spiro atoms. The van der Waals surface area contributed by atoms with Gasteiger partial charge < -0.3 is 38.6 Å². The van der Waals surface area contributed by atoms with Crippen LogP contribution in [-0.2, 0) is 16.1 Å². The summed E-state index contributed by atoms with van der Waals surface area (Å²) in [5.74, 6) is 3.65. The molecule has 1 saturated heterocycles. The molecule has 0 saturated carbocycles. The number of anilines is 1. The van der Waals surface area contributed by atoms with Crippen LogP contribution >= 0.6 is 0 Å². The first-order valence-electron chi connectivity index (χ1n) is 14.5. The average Bonchev–Trinajstić information content (AvgIpc) is 3.03. The molecule has 2 aliphatic heterocycles. The normalized spacial score (nSPS) is 18.3. The van der Waals surface area contributed by atoms with Crippen molar-refractivity contribution in [3.63, 3.8) is 0 Å². The van der Waals surface area contributed by atoms with Crippen LogP contribution in [0.5, 0.6) is 23.0 Å². The standard InChI is InChI=1S/C33H42N2O6/c1-36-17-4-15-35-16-18-40-32-12-7-25(21-31(32)35)24-41-33-23-34-14-13-30(33)26-8-10-27(11-9-26)38-19-20-39-29-6-3-5-28(22-29)37-2/h3,5-12,21-22,30,33-34H,4,13-20,23-24H2,1-2H3/t30?,33-/m0/s1. The minimum absolute atomic E-state index is 0.0943. The molecule has 0 amide bonds. The van der Waals surface area contributed by atoms with E-state index in [4.69, 9.17) is 28.4 Å². The Bertz CT molecular complexity index is 1220. The van der Waals surface area contributed by atoms with E-state index in [2.05, 4.69) is 40.5 Å². The van der Waals surface area contributed by atoms with E-state index in [1.165, 1.54) is 5.56 Å². The van der Waals surface area contributed by atoms with Crippen molar-refractivity contribution in [2.75, 3.05) is 71.7 Å². The summed E-state index contributed by atoms with van der Waals surface area (Å²) < 4.78 is 34.6. The van der Waals surface area contributed by atoms with Gasteiger partial charge in [0.2, 0.25) is 0 Å². The predicted molar refractivity (Wildman–Crippen MR) is 160 cm³/mol. The highest BCUT2D eigenvalue weighted by atomic mass is 16.5. The van der Waals surface area contributed by atoms with Crippen LogP contribution in [0.3, 0.4) is 0 Å². The second-order valence-electron chi connectivity index (χ2n) is 10.4. The molecule has 220 valence electrons. The Morgan fingerprint density at radius 3 is 2.56 bits per heavy atom. The van der Waals surface area contributed by atoms with Crippen molar-refractivity contribution in [1.29, 1.82) is 0 Å². The summed E-state index contributed by atoms with van der Waals surface area (Å²) in [6, 6.07) is 22.4. The maximum Gasteiger partial charge on any atom is 0.142 e. The molecule has 1 unspecified atom stereocenters. The number of nitrogens with zero attached hydrogens (tertiary/aromatic N) is 1. The molecule has 41 heavy (non-hydrogen) atoms. The summed E-state index contributed by atoms with van der Waals surface area (Å²) in [5, 5.41) is 3.51. The lowest BCUT2D eigenvalue weighted by Gasteiger charge is -2.33. The maximum atomic E-state index is 6.53. The van der Waals surface area contributed by atoms with Crippen LogP contribution in [-0.4, -0.2) is 72.9 Å². The van der Waals surface area contributed by atoms with Crippen LogP contribution in [0, 0.1) is 0 Å². The van der Waals surface area contributed by atoms with Gasteiger partial charge in [-0.05, 0) is 66.9 Å². The Hall–Kier alpha value is -3.46. The van der Waals surface area contributed by atoms with Gasteiger partial charge in [0.05, 0.1) is 32.1 Å². The molecule has 3 aromatic carbocycles. The lowest BCUT2D eigenvalue weighted by atomic mass is 9.87. The Morgan fingerprint density at radius 1 is 0.902 bits per heavy atom. The molecule has 0 radical (unpaired) electrons. The predicted octanol–water partition coefficient (Wildman–Crippen LogP) is 5.05. The van der Waals surface area contributed by atoms with Crippen LogP contribution in [0.25, 0.3) is 0 Å². The number of fused-ring (bicyclic) bond motifs is 1. The fourth-order valence-electron chi connectivity index (χ4n) is 5.45. The number of ether oxygens (including phenoxy) is 6. The highest BCUT2D eigenvalue weighted by Gasteiger charge is 2.27. The largest absolute Gasteiger partial charge is 0.497 e. The van der Waals surface area contributed by atoms with Crippen molar-refractivity contribution in [2.24, 2.45) is 0 Å². The first-order valence-corrected chi connectivity index (χ1v) is 14.5. The number of benzene rings is 3. The van der Waals surface area contributed by atoms with Gasteiger partial charge in [-0.1, -0.05) is 24.3 Å². The van der Waals surface area contributed by atoms with Crippen LogP contribution in [0.15, 0.2) is 66.7 Å². The zero-order chi connectivity index (χ0) is 28.3. The van der Waals surface area contributed by atoms with Crippen LogP contribution in [0.4, 0.5) is 5.69 Å². The van der Waals surface area contributed by atoms with E-state index in [0.29, 0.717) is 32.3 Å². The van der Waals surface area contributed by atoms with Crippen molar-refractivity contribution >= 4 is 5.69 Å². The van der Waals surface area contributed by atoms with E-state index < -0.39 is 0 Å². The van der Waals surface area contributed by atoms with E-state index in [1.54, 1.807) is 14.2 Å². The van der Waals surface area contributed by atoms with Gasteiger partial charge in [0.1, 0.15) is 42.8 Å². The van der Waals surface area contributed by atoms with Crippen LogP contribution < -0.4 is 29.2 Å². The van der Waals surface area contributed by atoms with Gasteiger partial charge in [0.15, 0.2) is 0 Å². The monoisotopic (exact) mass is 562 g/mol. The molecule has 8 nitrogen and oxygen atoms in total. The van der Waals surface area contributed by atoms with E-state index >= 15 is 0 Å². The highest BCUT2D eigenvalue weighted by molar-refractivity contribution is 5.61. The minimum atomic E-state index is 0.0943. The van der Waals surface area contributed by atoms with Crippen molar-refractivity contribution in [2.45, 2.75) is 31.5 Å². The van der Waals surface area contributed by atoms with Crippen molar-refractivity contribution in [3.05, 3.63) is 77.9 Å². The Morgan fingerprint density at radius 2 is 1.73 bits per heavy atom. The number of methoxy groups -OCH3 is 2. The second-order valence-corrected chi connectivity index (χ2v) is 10.4. The highest BCUT2D eigenvalue weighted by Crippen LogP contribution is 2.34. The van der Waals surface area contributed by atoms with Crippen molar-refractivity contribution < 1.29 is 28.4 Å². The quantitative estimate of drug-likeness (QED) is 0.274. The summed E-state index contributed by atoms with van der Waals surface area (Å²) in [4.78, 5) is 2.39. The summed E-state index contributed by atoms with van der Waals surface area (Å²) in [5.41, 5.74) is 3.59. The zero-order valence-corrected chi connectivity index (χ0v) is 24.2. The van der Waals surface area contributed by atoms with E-state index in [1.807, 2.05) is 36.4 Å². The number of nitrogens with one attached hydrogen (secondary N) is 1. The first-order chi connectivity index (χ1) is 20.2. The third-order valence-corrected chi connectivity index (χ3v) is 7.62. The summed E-state index contributed by atoms with van der Waals surface area (Å²) in [6.07, 6.45) is 2.12. The molecular weight excluding hydrogens is 520 g/mol. The maximum absolute atomic E-state index is 6.53. The molecule has 0 aliphatic carbocycles. The molecule has 8 heteroatoms. The fraction of sp³-hybridized carbons (Fsp3) is 0.455. The van der Waals surface area contributed by atoms with Gasteiger partial charge in [-0.3, -0.25) is 0 Å². The van der Waals surface area contributed by atoms with Gasteiger partial charge in [-0.15, -0.1) is 0 Å². The molecule has 5 rings (SSSR count). The molecule has 1 fully saturated rings. The third kappa shape index (κ3) is 8.06. The van der Waals surface area contributed by atoms with E-state index in [-0.39, 0.29) is 6.10 Å². The Kier molecular flexibility index (Phi) is 10.6. The lowest BCUT2D eigenvalue weighted by Crippen LogP contribution is -2.41. The van der Waals surface area contributed by atoms with Gasteiger partial charge in [-0.25, -0.2) is 0 Å². The SMILES string of the molecule is COCCCN1CCOc2ccc(CO[C@H]3CNCCC3c3ccc(OCCOc4cccc(OC)c4)cc3)cc21. The van der Waals surface area contributed by atoms with Crippen LogP contribution in [0.1, 0.15) is 29.9 Å². The number of rotatable bonds is 14. The van der Waals surface area contributed by atoms with Gasteiger partial charge in [-0.2, -0.15) is 0 Å². The second kappa shape index (κ2) is 15.0. The summed E-state index contributed by atoms with van der Waals surface area (Å²) in [7, 11) is 3.40. The molecule has 0 bridgehead atoms. The third-order valence-electron chi connectivity index (χ3n) is 7.62. The number of hydrogen-bond acceptors (Lipinski definition) is 8. The first kappa shape index (κ1) is 29.0. The molecule has 1 N–H and O–H groups in total. The van der Waals surface area contributed by atoms with E-state index in [9.17, 15) is 0 Å². The number of hydrogen-bond donors (Lipinski definition) is 1. The molecule has 3 aromatic rings. The summed E-state index contributed by atoms with van der Waals surface area (Å²) >= 11 is 0. The molecule has 0 aromatic heterocycles. The van der Waals surface area contributed by atoms with Gasteiger partial charge >= 0.3 is 0 Å². The van der Waals surface area contributed by atoms with E-state index in [0.717, 1.165) is 79.9 Å². The van der Waals surface area contributed by atoms with Crippen molar-refractivity contribution in [3.8, 4) is 23.0 Å². The Balaban J connectivity index is 1.13. The fourth-order valence-corrected chi connectivity index (χ4v) is 5.45. The number of piperidine rings is 1. The summed E-state index contributed by atoms with van der Waals surface area (Å²) in [6.45, 7) is 6.63. The minimum Gasteiger partial charge on any atom is -0.497 e. The Labute approximate surface area is 243 Å². The molecular formula is C33H42N2O6. The van der Waals surface area contributed by atoms with Crippen LogP contribution in [0.2, 0.25) is 0 Å². The van der Waals surface area contributed by atoms with Gasteiger partial charge in [0, 0.05) is 38.8 Å².